The Kier molecular flexibility index (Phi) is 8.10. The Labute approximate surface area is 271 Å². The molecule has 13 heteroatoms. The van der Waals surface area contributed by atoms with Gasteiger partial charge in [-0.25, -0.2) is 13.4 Å². The number of anilines is 1. The molecule has 1 saturated heterocycles. The van der Waals surface area contributed by atoms with Crippen LogP contribution in [0.2, 0.25) is 0 Å². The molecule has 3 aliphatic rings. The van der Waals surface area contributed by atoms with Crippen LogP contribution in [0.15, 0.2) is 42.3 Å². The molecular formula is C32H39N5O5S3. The number of hydrogen-bond donors (Lipinski definition) is 3. The Morgan fingerprint density at radius 3 is 2.56 bits per heavy atom. The SMILES string of the molecule is C=C[C@@H]1C[C@]1(NC(=O)[C@@H]1CCCN1C(=O)[C@@H](Nc1nc(-c2sc3ccccc3c2C)cs1)C(C)(C)C)C(=O)NS(=O)(=O)C1CC1. The van der Waals surface area contributed by atoms with Crippen molar-refractivity contribution in [1.29, 1.82) is 0 Å². The van der Waals surface area contributed by atoms with Gasteiger partial charge in [-0.15, -0.1) is 29.3 Å². The van der Waals surface area contributed by atoms with E-state index in [2.05, 4.69) is 41.0 Å². The van der Waals surface area contributed by atoms with Crippen LogP contribution in [0.3, 0.4) is 0 Å². The fourth-order valence-corrected chi connectivity index (χ4v) is 9.46. The Morgan fingerprint density at radius 1 is 1.18 bits per heavy atom. The molecule has 3 aromatic rings. The molecule has 0 bridgehead atoms. The Balaban J connectivity index is 1.18. The highest BCUT2D eigenvalue weighted by Crippen LogP contribution is 2.46. The number of amides is 3. The van der Waals surface area contributed by atoms with Gasteiger partial charge in [-0.05, 0) is 61.5 Å². The lowest BCUT2D eigenvalue weighted by molar-refractivity contribution is -0.141. The molecule has 0 radical (unpaired) electrons. The van der Waals surface area contributed by atoms with Gasteiger partial charge < -0.3 is 15.5 Å². The lowest BCUT2D eigenvalue weighted by atomic mass is 9.85. The third kappa shape index (κ3) is 6.01. The van der Waals surface area contributed by atoms with Gasteiger partial charge in [-0.2, -0.15) is 0 Å². The first-order chi connectivity index (χ1) is 21.2. The summed E-state index contributed by atoms with van der Waals surface area (Å²) in [5.74, 6) is -1.82. The van der Waals surface area contributed by atoms with Gasteiger partial charge in [0.1, 0.15) is 17.6 Å². The number of thiazole rings is 1. The number of thiophene rings is 1. The molecule has 2 saturated carbocycles. The van der Waals surface area contributed by atoms with E-state index in [1.54, 1.807) is 22.3 Å². The van der Waals surface area contributed by atoms with Crippen molar-refractivity contribution < 1.29 is 22.8 Å². The van der Waals surface area contributed by atoms with Crippen molar-refractivity contribution in [3.05, 3.63) is 47.9 Å². The molecule has 0 unspecified atom stereocenters. The minimum absolute atomic E-state index is 0.221. The van der Waals surface area contributed by atoms with Crippen molar-refractivity contribution in [2.45, 2.75) is 82.7 Å². The number of carbonyl (C=O) groups is 3. The maximum atomic E-state index is 14.2. The van der Waals surface area contributed by atoms with Crippen LogP contribution in [0.25, 0.3) is 20.7 Å². The quantitative estimate of drug-likeness (QED) is 0.263. The Bertz CT molecular complexity index is 1790. The van der Waals surface area contributed by atoms with Gasteiger partial charge in [0.25, 0.3) is 5.91 Å². The summed E-state index contributed by atoms with van der Waals surface area (Å²) < 4.78 is 28.3. The number of sulfonamides is 1. The highest BCUT2D eigenvalue weighted by Gasteiger charge is 2.61. The van der Waals surface area contributed by atoms with Gasteiger partial charge in [0.2, 0.25) is 21.8 Å². The molecule has 2 aliphatic carbocycles. The minimum atomic E-state index is -3.79. The number of benzene rings is 1. The topological polar surface area (TPSA) is 138 Å². The van der Waals surface area contributed by atoms with E-state index in [9.17, 15) is 22.8 Å². The van der Waals surface area contributed by atoms with Crippen LogP contribution in [-0.2, 0) is 24.4 Å². The van der Waals surface area contributed by atoms with Gasteiger partial charge in [-0.3, -0.25) is 19.1 Å². The third-order valence-corrected chi connectivity index (χ3v) is 12.9. The Hall–Kier alpha value is -3.29. The summed E-state index contributed by atoms with van der Waals surface area (Å²) in [6, 6.07) is 6.81. The summed E-state index contributed by atoms with van der Waals surface area (Å²) in [6.07, 6.45) is 3.92. The average molecular weight is 670 g/mol. The molecule has 240 valence electrons. The summed E-state index contributed by atoms with van der Waals surface area (Å²) in [5.41, 5.74) is 0.130. The zero-order valence-corrected chi connectivity index (χ0v) is 28.3. The lowest BCUT2D eigenvalue weighted by Gasteiger charge is -2.35. The predicted molar refractivity (Wildman–Crippen MR) is 179 cm³/mol. The summed E-state index contributed by atoms with van der Waals surface area (Å²) in [5, 5.41) is 9.47. The van der Waals surface area contributed by atoms with Crippen LogP contribution in [0.4, 0.5) is 5.13 Å². The molecule has 2 aromatic heterocycles. The number of nitrogens with zero attached hydrogens (tertiary/aromatic N) is 2. The highest BCUT2D eigenvalue weighted by atomic mass is 32.2. The molecule has 1 aliphatic heterocycles. The van der Waals surface area contributed by atoms with Crippen molar-refractivity contribution in [1.82, 2.24) is 19.9 Å². The van der Waals surface area contributed by atoms with Crippen LogP contribution in [0.1, 0.15) is 58.4 Å². The minimum Gasteiger partial charge on any atom is -0.349 e. The second-order valence-electron chi connectivity index (χ2n) is 13.4. The molecule has 3 heterocycles. The number of carbonyl (C=O) groups excluding carboxylic acids is 3. The largest absolute Gasteiger partial charge is 0.349 e. The number of rotatable bonds is 10. The molecule has 45 heavy (non-hydrogen) atoms. The van der Waals surface area contributed by atoms with E-state index in [0.717, 1.165) is 10.6 Å². The summed E-state index contributed by atoms with van der Waals surface area (Å²) in [7, 11) is -3.79. The smallest absolute Gasteiger partial charge is 0.259 e. The second-order valence-corrected chi connectivity index (χ2v) is 17.3. The summed E-state index contributed by atoms with van der Waals surface area (Å²) >= 11 is 3.13. The molecule has 1 aromatic carbocycles. The summed E-state index contributed by atoms with van der Waals surface area (Å²) in [4.78, 5) is 48.6. The molecular weight excluding hydrogens is 631 g/mol. The van der Waals surface area contributed by atoms with Crippen LogP contribution < -0.4 is 15.4 Å². The van der Waals surface area contributed by atoms with Gasteiger partial charge in [-0.1, -0.05) is 45.0 Å². The Morgan fingerprint density at radius 2 is 1.91 bits per heavy atom. The van der Waals surface area contributed by atoms with E-state index in [0.29, 0.717) is 37.4 Å². The first kappa shape index (κ1) is 31.7. The van der Waals surface area contributed by atoms with E-state index in [-0.39, 0.29) is 12.3 Å². The number of nitrogens with one attached hydrogen (secondary N) is 3. The molecule has 10 nitrogen and oxygen atoms in total. The predicted octanol–water partition coefficient (Wildman–Crippen LogP) is 4.82. The van der Waals surface area contributed by atoms with Gasteiger partial charge in [0.05, 0.1) is 15.8 Å². The lowest BCUT2D eigenvalue weighted by Crippen LogP contribution is -2.58. The maximum absolute atomic E-state index is 14.2. The number of hydrogen-bond acceptors (Lipinski definition) is 9. The monoisotopic (exact) mass is 669 g/mol. The van der Waals surface area contributed by atoms with Gasteiger partial charge >= 0.3 is 0 Å². The first-order valence-corrected chi connectivity index (χ1v) is 18.5. The van der Waals surface area contributed by atoms with Crippen LogP contribution in [0.5, 0.6) is 0 Å². The maximum Gasteiger partial charge on any atom is 0.259 e. The van der Waals surface area contributed by atoms with Crippen molar-refractivity contribution in [2.75, 3.05) is 11.9 Å². The number of likely N-dealkylation sites (tertiary alicyclic amines) is 1. The van der Waals surface area contributed by atoms with E-state index in [4.69, 9.17) is 4.98 Å². The van der Waals surface area contributed by atoms with Crippen LogP contribution in [-0.4, -0.2) is 65.4 Å². The molecule has 6 rings (SSSR count). The van der Waals surface area contributed by atoms with Crippen LogP contribution in [0, 0.1) is 18.3 Å². The fraction of sp³-hybridized carbons (Fsp3) is 0.500. The number of aromatic nitrogens is 1. The van der Waals surface area contributed by atoms with Crippen molar-refractivity contribution in [2.24, 2.45) is 11.3 Å². The van der Waals surface area contributed by atoms with Gasteiger partial charge in [0, 0.05) is 22.5 Å². The molecule has 4 atom stereocenters. The zero-order chi connectivity index (χ0) is 32.3. The van der Waals surface area contributed by atoms with E-state index in [1.165, 1.54) is 27.0 Å². The fourth-order valence-electron chi connectivity index (χ4n) is 6.12. The summed E-state index contributed by atoms with van der Waals surface area (Å²) in [6.45, 7) is 12.2. The number of aryl methyl sites for hydroxylation is 1. The zero-order valence-electron chi connectivity index (χ0n) is 25.9. The standard InChI is InChI=1S/C32H39N5O5S3/c1-6-19-16-32(19,29(40)36-45(41,42)20-13-14-20)35-27(38)23-11-9-15-37(23)28(39)26(31(3,4)5)34-30-33-22(17-43-30)25-18(2)21-10-7-8-12-24(21)44-25/h6-8,10,12,17,19-20,23,26H,1,9,11,13-16H2,2-5H3,(H,33,34)(H,35,38)(H,36,40)/t19-,23+,26-,32-/m1/s1. The normalized spacial score (nSPS) is 23.9. The van der Waals surface area contributed by atoms with Crippen molar-refractivity contribution >= 4 is 65.6 Å². The third-order valence-electron chi connectivity index (χ3n) is 9.05. The van der Waals surface area contributed by atoms with E-state index in [1.807, 2.05) is 38.3 Å². The highest BCUT2D eigenvalue weighted by molar-refractivity contribution is 7.91. The molecule has 3 fully saturated rings. The first-order valence-electron chi connectivity index (χ1n) is 15.3. The van der Waals surface area contributed by atoms with E-state index >= 15 is 0 Å². The van der Waals surface area contributed by atoms with Crippen LogP contribution >= 0.6 is 22.7 Å². The molecule has 0 spiro atoms. The van der Waals surface area contributed by atoms with Crippen molar-refractivity contribution in [3.63, 3.8) is 0 Å². The molecule has 3 amide bonds. The molecule has 3 N–H and O–H groups in total. The number of fused-ring (bicyclic) bond motifs is 1. The van der Waals surface area contributed by atoms with Gasteiger partial charge in [0.15, 0.2) is 5.13 Å². The van der Waals surface area contributed by atoms with E-state index < -0.39 is 56.0 Å². The average Bonchev–Trinajstić information content (AvgIpc) is 3.81. The second kappa shape index (κ2) is 11.5. The van der Waals surface area contributed by atoms with Crippen molar-refractivity contribution in [3.8, 4) is 10.6 Å².